The maximum atomic E-state index is 8.77. The van der Waals surface area contributed by atoms with Crippen LogP contribution in [0.15, 0.2) is 0 Å². The third-order valence-electron chi connectivity index (χ3n) is 6.44. The van der Waals surface area contributed by atoms with E-state index in [0.29, 0.717) is 0 Å². The van der Waals surface area contributed by atoms with Crippen molar-refractivity contribution < 1.29 is 19.2 Å². The van der Waals surface area contributed by atoms with E-state index in [1.165, 1.54) is 109 Å². The summed E-state index contributed by atoms with van der Waals surface area (Å²) in [5.41, 5.74) is 0. The fourth-order valence-corrected chi connectivity index (χ4v) is 9.64. The zero-order valence-electron chi connectivity index (χ0n) is 22.2. The van der Waals surface area contributed by atoms with Crippen LogP contribution in [0, 0.1) is 0 Å². The highest BCUT2D eigenvalue weighted by molar-refractivity contribution is 7.75. The van der Waals surface area contributed by atoms with E-state index >= 15 is 0 Å². The van der Waals surface area contributed by atoms with Crippen molar-refractivity contribution in [3.63, 3.8) is 0 Å². The molecule has 0 aromatic rings. The van der Waals surface area contributed by atoms with Crippen molar-refractivity contribution in [3.05, 3.63) is 0 Å². The third-order valence-corrected chi connectivity index (χ3v) is 11.5. The maximum Gasteiger partial charge on any atom is 0.262 e. The molecule has 0 radical (unpaired) electrons. The van der Waals surface area contributed by atoms with Gasteiger partial charge < -0.3 is 14.7 Å². The standard InChI is InChI=1S/C26H56P.H3O4P/c1-5-9-13-14-15-16-17-18-19-20-21-22-26-27(23-10-6-2,24-11-7-3)25-12-8-4;1-5(2,3)4/h5-26H2,1-4H3;(H3,1,2,3,4)/q+1;/p-1. The molecule has 0 saturated carbocycles. The molecule has 0 aromatic carbocycles. The molecule has 0 bridgehead atoms. The van der Waals surface area contributed by atoms with E-state index in [9.17, 15) is 0 Å². The van der Waals surface area contributed by atoms with Gasteiger partial charge in [-0.15, -0.1) is 0 Å². The SMILES string of the molecule is CCCCCCCCCCCCCC[P+](CCCC)(CCCC)CCCC.O=P([O-])(O)O. The highest BCUT2D eigenvalue weighted by Gasteiger charge is 2.34. The molecular weight excluding hydrogens is 438 g/mol. The highest BCUT2D eigenvalue weighted by Crippen LogP contribution is 2.61. The monoisotopic (exact) mass is 496 g/mol. The van der Waals surface area contributed by atoms with Crippen LogP contribution in [-0.4, -0.2) is 34.4 Å². The predicted molar refractivity (Wildman–Crippen MR) is 144 cm³/mol. The van der Waals surface area contributed by atoms with Crippen LogP contribution in [0.1, 0.15) is 143 Å². The molecule has 32 heavy (non-hydrogen) atoms. The Morgan fingerprint density at radius 2 is 0.719 bits per heavy atom. The molecule has 0 unspecified atom stereocenters. The molecule has 0 rings (SSSR count). The molecule has 2 N–H and O–H groups in total. The van der Waals surface area contributed by atoms with E-state index < -0.39 is 15.1 Å². The lowest BCUT2D eigenvalue weighted by molar-refractivity contribution is -0.214. The van der Waals surface area contributed by atoms with Gasteiger partial charge in [0.1, 0.15) is 0 Å². The van der Waals surface area contributed by atoms with Crippen molar-refractivity contribution in [2.45, 2.75) is 143 Å². The van der Waals surface area contributed by atoms with Crippen LogP contribution in [-0.2, 0) is 4.57 Å². The Bertz CT molecular complexity index is 383. The summed E-state index contributed by atoms with van der Waals surface area (Å²) >= 11 is 0. The summed E-state index contributed by atoms with van der Waals surface area (Å²) in [4.78, 5) is 22.9. The summed E-state index contributed by atoms with van der Waals surface area (Å²) in [6.07, 6.45) is 33.0. The average Bonchev–Trinajstić information content (AvgIpc) is 2.74. The first-order valence-corrected chi connectivity index (χ1v) is 17.9. The van der Waals surface area contributed by atoms with E-state index in [-0.39, 0.29) is 0 Å². The van der Waals surface area contributed by atoms with E-state index in [1.54, 1.807) is 31.1 Å². The second kappa shape index (κ2) is 24.7. The van der Waals surface area contributed by atoms with Gasteiger partial charge in [-0.25, -0.2) is 0 Å². The zero-order chi connectivity index (χ0) is 24.6. The molecule has 0 atom stereocenters. The summed E-state index contributed by atoms with van der Waals surface area (Å²) in [7, 11) is -5.51. The van der Waals surface area contributed by atoms with Crippen LogP contribution in [0.5, 0.6) is 0 Å². The molecular formula is C26H58O4P2. The summed E-state index contributed by atoms with van der Waals surface area (Å²) in [5, 5.41) is 0. The van der Waals surface area contributed by atoms with E-state index in [1.807, 2.05) is 0 Å². The Balaban J connectivity index is 0. The minimum atomic E-state index is -4.89. The van der Waals surface area contributed by atoms with Gasteiger partial charge in [-0.3, -0.25) is 4.57 Å². The quantitative estimate of drug-likeness (QED) is 0.116. The van der Waals surface area contributed by atoms with Gasteiger partial charge in [0.2, 0.25) is 0 Å². The zero-order valence-corrected chi connectivity index (χ0v) is 24.0. The fourth-order valence-electron chi connectivity index (χ4n) is 4.44. The Morgan fingerprint density at radius 1 is 0.500 bits per heavy atom. The van der Waals surface area contributed by atoms with Crippen molar-refractivity contribution >= 4 is 15.1 Å². The van der Waals surface area contributed by atoms with Crippen molar-refractivity contribution in [2.24, 2.45) is 0 Å². The first-order chi connectivity index (χ1) is 15.2. The smallest absolute Gasteiger partial charge is 0.262 e. The molecule has 0 aromatic heterocycles. The number of unbranched alkanes of at least 4 members (excludes halogenated alkanes) is 14. The minimum absolute atomic E-state index is 0.626. The van der Waals surface area contributed by atoms with Crippen LogP contribution in [0.4, 0.5) is 0 Å². The molecule has 196 valence electrons. The van der Waals surface area contributed by atoms with Crippen LogP contribution >= 0.6 is 15.1 Å². The molecule has 4 nitrogen and oxygen atoms in total. The van der Waals surface area contributed by atoms with Gasteiger partial charge in [0, 0.05) is 7.26 Å². The van der Waals surface area contributed by atoms with Crippen LogP contribution in [0.25, 0.3) is 0 Å². The van der Waals surface area contributed by atoms with Crippen molar-refractivity contribution in [3.8, 4) is 0 Å². The molecule has 0 aliphatic carbocycles. The molecule has 0 aliphatic heterocycles. The van der Waals surface area contributed by atoms with Gasteiger partial charge in [-0.2, -0.15) is 0 Å². The lowest BCUT2D eigenvalue weighted by Crippen LogP contribution is -2.13. The van der Waals surface area contributed by atoms with Crippen molar-refractivity contribution in [1.82, 2.24) is 0 Å². The van der Waals surface area contributed by atoms with Crippen LogP contribution < -0.4 is 4.89 Å². The molecule has 0 fully saturated rings. The van der Waals surface area contributed by atoms with Crippen molar-refractivity contribution in [1.29, 1.82) is 0 Å². The second-order valence-electron chi connectivity index (χ2n) is 9.68. The second-order valence-corrected chi connectivity index (χ2v) is 15.1. The molecule has 0 heterocycles. The molecule has 0 saturated heterocycles. The number of phosphoric acid groups is 1. The Labute approximate surface area is 202 Å². The number of hydrogen-bond acceptors (Lipinski definition) is 2. The predicted octanol–water partition coefficient (Wildman–Crippen LogP) is 8.54. The normalized spacial score (nSPS) is 12.0. The van der Waals surface area contributed by atoms with Crippen LogP contribution in [0.3, 0.4) is 0 Å². The average molecular weight is 497 g/mol. The Morgan fingerprint density at radius 3 is 1.00 bits per heavy atom. The van der Waals surface area contributed by atoms with E-state index in [2.05, 4.69) is 27.7 Å². The summed E-state index contributed by atoms with van der Waals surface area (Å²) in [6.45, 7) is 9.47. The lowest BCUT2D eigenvalue weighted by Gasteiger charge is -2.28. The molecule has 0 aliphatic rings. The van der Waals surface area contributed by atoms with Gasteiger partial charge in [0.15, 0.2) is 0 Å². The molecule has 0 spiro atoms. The fraction of sp³-hybridized carbons (Fsp3) is 1.00. The van der Waals surface area contributed by atoms with Gasteiger partial charge in [0.25, 0.3) is 7.82 Å². The van der Waals surface area contributed by atoms with Crippen LogP contribution in [0.2, 0.25) is 0 Å². The third kappa shape index (κ3) is 28.6. The summed E-state index contributed by atoms with van der Waals surface area (Å²) in [5.74, 6) is 0. The Kier molecular flexibility index (Phi) is 26.7. The largest absolute Gasteiger partial charge is 0.756 e. The summed E-state index contributed by atoms with van der Waals surface area (Å²) in [6, 6.07) is 0. The van der Waals surface area contributed by atoms with Crippen molar-refractivity contribution in [2.75, 3.05) is 24.6 Å². The first kappa shape index (κ1) is 34.7. The molecule has 6 heteroatoms. The minimum Gasteiger partial charge on any atom is -0.756 e. The molecule has 0 amide bonds. The van der Waals surface area contributed by atoms with Gasteiger partial charge >= 0.3 is 0 Å². The van der Waals surface area contributed by atoms with E-state index in [4.69, 9.17) is 19.2 Å². The first-order valence-electron chi connectivity index (χ1n) is 13.9. The van der Waals surface area contributed by atoms with E-state index in [0.717, 1.165) is 0 Å². The van der Waals surface area contributed by atoms with Gasteiger partial charge in [0.05, 0.1) is 24.6 Å². The number of rotatable bonds is 22. The number of hydrogen-bond donors (Lipinski definition) is 2. The lowest BCUT2D eigenvalue weighted by atomic mass is 10.1. The Hall–Kier alpha value is 0.540. The highest BCUT2D eigenvalue weighted by atomic mass is 31.2. The van der Waals surface area contributed by atoms with Gasteiger partial charge in [-0.1, -0.05) is 111 Å². The maximum absolute atomic E-state index is 8.77. The topological polar surface area (TPSA) is 80.6 Å². The summed E-state index contributed by atoms with van der Waals surface area (Å²) < 4.78 is 8.77. The van der Waals surface area contributed by atoms with Gasteiger partial charge in [-0.05, 0) is 32.1 Å².